The van der Waals surface area contributed by atoms with E-state index in [0.717, 1.165) is 19.3 Å². The first-order chi connectivity index (χ1) is 8.40. The summed E-state index contributed by atoms with van der Waals surface area (Å²) >= 11 is 0. The summed E-state index contributed by atoms with van der Waals surface area (Å²) in [5.41, 5.74) is 5.84. The lowest BCUT2D eigenvalue weighted by atomic mass is 9.79. The van der Waals surface area contributed by atoms with Gasteiger partial charge in [0, 0.05) is 13.2 Å². The molecule has 0 aliphatic carbocycles. The van der Waals surface area contributed by atoms with Crippen LogP contribution in [-0.4, -0.2) is 30.2 Å². The van der Waals surface area contributed by atoms with Crippen LogP contribution >= 0.6 is 0 Å². The zero-order chi connectivity index (χ0) is 14.2. The number of rotatable bonds is 9. The number of nitrogens with one attached hydrogen (secondary N) is 1. The number of hydrogen-bond acceptors (Lipinski definition) is 3. The van der Waals surface area contributed by atoms with E-state index in [2.05, 4.69) is 33.0 Å². The second-order valence-electron chi connectivity index (χ2n) is 5.63. The highest BCUT2D eigenvalue weighted by Gasteiger charge is 2.27. The summed E-state index contributed by atoms with van der Waals surface area (Å²) in [6.07, 6.45) is 3.32. The van der Waals surface area contributed by atoms with Gasteiger partial charge in [0.05, 0.1) is 6.04 Å². The van der Waals surface area contributed by atoms with Crippen molar-refractivity contribution in [2.45, 2.75) is 59.4 Å². The number of amides is 1. The Morgan fingerprint density at radius 3 is 2.28 bits per heavy atom. The van der Waals surface area contributed by atoms with E-state index in [-0.39, 0.29) is 17.9 Å². The molecule has 0 heterocycles. The van der Waals surface area contributed by atoms with Gasteiger partial charge < -0.3 is 16.2 Å². The fourth-order valence-electron chi connectivity index (χ4n) is 2.20. The van der Waals surface area contributed by atoms with Gasteiger partial charge in [0.15, 0.2) is 0 Å². The summed E-state index contributed by atoms with van der Waals surface area (Å²) < 4.78 is 0. The monoisotopic (exact) mass is 258 g/mol. The number of carbonyl (C=O) groups excluding carboxylic acids is 1. The molecule has 0 fully saturated rings. The molecule has 1 amide bonds. The van der Waals surface area contributed by atoms with Crippen LogP contribution < -0.4 is 11.1 Å². The predicted octanol–water partition coefficient (Wildman–Crippen LogP) is 1.66. The molecule has 0 aliphatic heterocycles. The van der Waals surface area contributed by atoms with Crippen LogP contribution in [0.3, 0.4) is 0 Å². The molecule has 0 spiro atoms. The van der Waals surface area contributed by atoms with E-state index >= 15 is 0 Å². The molecule has 0 bridgehead atoms. The van der Waals surface area contributed by atoms with Crippen LogP contribution in [-0.2, 0) is 4.79 Å². The quantitative estimate of drug-likeness (QED) is 0.589. The van der Waals surface area contributed by atoms with Crippen molar-refractivity contribution in [3.8, 4) is 0 Å². The topological polar surface area (TPSA) is 75.3 Å². The van der Waals surface area contributed by atoms with Crippen LogP contribution in [0.25, 0.3) is 0 Å². The molecule has 108 valence electrons. The SMILES string of the molecule is CCC(CC)(CCO)CNC(=O)[C@@H](N)CC(C)C. The van der Waals surface area contributed by atoms with Crippen molar-refractivity contribution in [2.24, 2.45) is 17.1 Å². The number of carbonyl (C=O) groups is 1. The van der Waals surface area contributed by atoms with Crippen molar-refractivity contribution in [2.75, 3.05) is 13.2 Å². The number of aliphatic hydroxyl groups excluding tert-OH is 1. The minimum atomic E-state index is -0.425. The van der Waals surface area contributed by atoms with Gasteiger partial charge in [0.25, 0.3) is 0 Å². The van der Waals surface area contributed by atoms with Crippen LogP contribution in [0.4, 0.5) is 0 Å². The molecule has 4 nitrogen and oxygen atoms in total. The van der Waals surface area contributed by atoms with E-state index < -0.39 is 6.04 Å². The lowest BCUT2D eigenvalue weighted by Gasteiger charge is -2.31. The van der Waals surface area contributed by atoms with E-state index in [9.17, 15) is 4.79 Å². The van der Waals surface area contributed by atoms with E-state index in [1.54, 1.807) is 0 Å². The molecule has 0 unspecified atom stereocenters. The normalized spacial score (nSPS) is 13.7. The van der Waals surface area contributed by atoms with Gasteiger partial charge in [0.1, 0.15) is 0 Å². The molecule has 0 radical (unpaired) electrons. The molecule has 0 aliphatic rings. The molecule has 0 saturated carbocycles. The lowest BCUT2D eigenvalue weighted by molar-refractivity contribution is -0.123. The molecule has 1 atom stereocenters. The Bertz CT molecular complexity index is 238. The first-order valence-corrected chi connectivity index (χ1v) is 7.05. The molecular formula is C14H30N2O2. The molecule has 4 N–H and O–H groups in total. The van der Waals surface area contributed by atoms with Gasteiger partial charge in [-0.25, -0.2) is 0 Å². The summed E-state index contributed by atoms with van der Waals surface area (Å²) in [6.45, 7) is 9.07. The zero-order valence-corrected chi connectivity index (χ0v) is 12.3. The third-order valence-electron chi connectivity index (χ3n) is 3.84. The summed E-state index contributed by atoms with van der Waals surface area (Å²) in [5, 5.41) is 12.1. The van der Waals surface area contributed by atoms with Crippen LogP contribution in [0.15, 0.2) is 0 Å². The second kappa shape index (κ2) is 8.48. The van der Waals surface area contributed by atoms with Crippen molar-refractivity contribution >= 4 is 5.91 Å². The maximum absolute atomic E-state index is 11.9. The standard InChI is InChI=1S/C14H30N2O2/c1-5-14(6-2,7-8-17)10-16-13(18)12(15)9-11(3)4/h11-12,17H,5-10,15H2,1-4H3,(H,16,18)/t12-/m0/s1. The minimum Gasteiger partial charge on any atom is -0.396 e. The number of aliphatic hydroxyl groups is 1. The summed E-state index contributed by atoms with van der Waals surface area (Å²) in [5.74, 6) is 0.346. The molecular weight excluding hydrogens is 228 g/mol. The highest BCUT2D eigenvalue weighted by Crippen LogP contribution is 2.29. The van der Waals surface area contributed by atoms with Crippen molar-refractivity contribution in [1.29, 1.82) is 0 Å². The smallest absolute Gasteiger partial charge is 0.236 e. The van der Waals surface area contributed by atoms with Gasteiger partial charge in [-0.2, -0.15) is 0 Å². The van der Waals surface area contributed by atoms with E-state index in [1.807, 2.05) is 0 Å². The first-order valence-electron chi connectivity index (χ1n) is 7.05. The largest absolute Gasteiger partial charge is 0.396 e. The molecule has 0 saturated heterocycles. The van der Waals surface area contributed by atoms with Crippen LogP contribution in [0.2, 0.25) is 0 Å². The Kier molecular flexibility index (Phi) is 8.20. The number of nitrogens with two attached hydrogens (primary N) is 1. The number of hydrogen-bond donors (Lipinski definition) is 3. The Labute approximate surface area is 111 Å². The van der Waals surface area contributed by atoms with Crippen LogP contribution in [0.1, 0.15) is 53.4 Å². The summed E-state index contributed by atoms with van der Waals surface area (Å²) in [6, 6.07) is -0.425. The van der Waals surface area contributed by atoms with Gasteiger partial charge in [-0.1, -0.05) is 27.7 Å². The van der Waals surface area contributed by atoms with Gasteiger partial charge >= 0.3 is 0 Å². The average Bonchev–Trinajstić information content (AvgIpc) is 2.33. The Morgan fingerprint density at radius 1 is 1.33 bits per heavy atom. The zero-order valence-electron chi connectivity index (χ0n) is 12.3. The van der Waals surface area contributed by atoms with Crippen LogP contribution in [0, 0.1) is 11.3 Å². The van der Waals surface area contributed by atoms with Crippen molar-refractivity contribution in [1.82, 2.24) is 5.32 Å². The molecule has 4 heteroatoms. The van der Waals surface area contributed by atoms with E-state index in [4.69, 9.17) is 10.8 Å². The summed E-state index contributed by atoms with van der Waals surface area (Å²) in [7, 11) is 0. The van der Waals surface area contributed by atoms with E-state index in [1.165, 1.54) is 0 Å². The van der Waals surface area contributed by atoms with E-state index in [0.29, 0.717) is 18.9 Å². The maximum Gasteiger partial charge on any atom is 0.236 e. The van der Waals surface area contributed by atoms with Gasteiger partial charge in [0.2, 0.25) is 5.91 Å². The lowest BCUT2D eigenvalue weighted by Crippen LogP contribution is -2.46. The average molecular weight is 258 g/mol. The molecule has 0 aromatic rings. The second-order valence-corrected chi connectivity index (χ2v) is 5.63. The third kappa shape index (κ3) is 5.83. The Morgan fingerprint density at radius 2 is 1.89 bits per heavy atom. The van der Waals surface area contributed by atoms with Crippen molar-refractivity contribution < 1.29 is 9.90 Å². The maximum atomic E-state index is 11.9. The molecule has 0 aromatic carbocycles. The minimum absolute atomic E-state index is 0.00195. The molecule has 0 aromatic heterocycles. The fourth-order valence-corrected chi connectivity index (χ4v) is 2.20. The highest BCUT2D eigenvalue weighted by molar-refractivity contribution is 5.81. The van der Waals surface area contributed by atoms with Gasteiger partial charge in [-0.15, -0.1) is 0 Å². The Hall–Kier alpha value is -0.610. The first kappa shape index (κ1) is 17.4. The summed E-state index contributed by atoms with van der Waals surface area (Å²) in [4.78, 5) is 11.9. The predicted molar refractivity (Wildman–Crippen MR) is 75.2 cm³/mol. The van der Waals surface area contributed by atoms with Gasteiger partial charge in [-0.05, 0) is 37.0 Å². The fraction of sp³-hybridized carbons (Fsp3) is 0.929. The van der Waals surface area contributed by atoms with Crippen molar-refractivity contribution in [3.63, 3.8) is 0 Å². The molecule has 0 rings (SSSR count). The van der Waals surface area contributed by atoms with Gasteiger partial charge in [-0.3, -0.25) is 4.79 Å². The van der Waals surface area contributed by atoms with Crippen molar-refractivity contribution in [3.05, 3.63) is 0 Å². The third-order valence-corrected chi connectivity index (χ3v) is 3.84. The Balaban J connectivity index is 4.30. The molecule has 18 heavy (non-hydrogen) atoms. The highest BCUT2D eigenvalue weighted by atomic mass is 16.3. The van der Waals surface area contributed by atoms with Crippen LogP contribution in [0.5, 0.6) is 0 Å².